The second-order valence-electron chi connectivity index (χ2n) is 20.1. The van der Waals surface area contributed by atoms with Gasteiger partial charge in [0.2, 0.25) is 0 Å². The standard InChI is InChI=1S/C65H64N2/c1-7-63(5,8-2)49-29-33-55(34-30-49)66(53-17-13-11-14-18-53)57-37-39-59-60-40-38-58(67(54-19-15-12-16-20-54)56-35-31-50(32-36-56)64(6,9-3)10-4)44-62(60)65(61(59)43-57,51-27-25-45-21-23-47(45)41-51)52-28-26-46-22-24-48(46)42-52/h11-20,25-44H,7-10,21-24H2,1-6H3. The van der Waals surface area contributed by atoms with E-state index in [1.54, 1.807) is 0 Å². The highest BCUT2D eigenvalue weighted by atomic mass is 15.1. The van der Waals surface area contributed by atoms with Gasteiger partial charge in [-0.1, -0.05) is 151 Å². The summed E-state index contributed by atoms with van der Waals surface area (Å²) in [6, 6.07) is 70.4. The molecule has 0 spiro atoms. The summed E-state index contributed by atoms with van der Waals surface area (Å²) in [7, 11) is 0. The second-order valence-corrected chi connectivity index (χ2v) is 20.1. The van der Waals surface area contributed by atoms with Crippen molar-refractivity contribution in [2.45, 2.75) is 109 Å². The summed E-state index contributed by atoms with van der Waals surface area (Å²) in [5.74, 6) is 0. The van der Waals surface area contributed by atoms with Gasteiger partial charge in [-0.25, -0.2) is 0 Å². The number of anilines is 6. The normalized spacial score (nSPS) is 14.2. The summed E-state index contributed by atoms with van der Waals surface area (Å²) < 4.78 is 0. The molecule has 334 valence electrons. The van der Waals surface area contributed by atoms with E-state index in [1.165, 1.54) is 66.8 Å². The molecule has 2 nitrogen and oxygen atoms in total. The Morgan fingerprint density at radius 3 is 1.03 bits per heavy atom. The zero-order valence-corrected chi connectivity index (χ0v) is 40.4. The predicted molar refractivity (Wildman–Crippen MR) is 284 cm³/mol. The van der Waals surface area contributed by atoms with E-state index in [0.29, 0.717) is 0 Å². The zero-order chi connectivity index (χ0) is 45.9. The Balaban J connectivity index is 1.15. The van der Waals surface area contributed by atoms with E-state index in [1.807, 2.05) is 0 Å². The lowest BCUT2D eigenvalue weighted by molar-refractivity contribution is 0.439. The van der Waals surface area contributed by atoms with E-state index in [9.17, 15) is 0 Å². The quantitative estimate of drug-likeness (QED) is 0.107. The predicted octanol–water partition coefficient (Wildman–Crippen LogP) is 17.3. The highest BCUT2D eigenvalue weighted by Crippen LogP contribution is 2.59. The molecule has 0 fully saturated rings. The number of hydrogen-bond acceptors (Lipinski definition) is 2. The van der Waals surface area contributed by atoms with Crippen molar-refractivity contribution in [3.63, 3.8) is 0 Å². The van der Waals surface area contributed by atoms with Gasteiger partial charge in [-0.05, 0) is 202 Å². The molecule has 67 heavy (non-hydrogen) atoms. The maximum absolute atomic E-state index is 2.56. The third-order valence-corrected chi connectivity index (χ3v) is 17.0. The van der Waals surface area contributed by atoms with E-state index < -0.39 is 5.41 Å². The number of nitrogens with zero attached hydrogens (tertiary/aromatic N) is 2. The van der Waals surface area contributed by atoms with Crippen LogP contribution in [0, 0.1) is 0 Å². The van der Waals surface area contributed by atoms with Gasteiger partial charge in [-0.3, -0.25) is 0 Å². The first-order valence-electron chi connectivity index (χ1n) is 25.2. The Bertz CT molecular complexity index is 2870. The van der Waals surface area contributed by atoms with E-state index >= 15 is 0 Å². The van der Waals surface area contributed by atoms with Crippen molar-refractivity contribution in [1.29, 1.82) is 0 Å². The van der Waals surface area contributed by atoms with Crippen molar-refractivity contribution in [3.05, 3.63) is 238 Å². The fourth-order valence-electron chi connectivity index (χ4n) is 11.6. The molecule has 3 aliphatic rings. The summed E-state index contributed by atoms with van der Waals surface area (Å²) in [4.78, 5) is 4.94. The summed E-state index contributed by atoms with van der Waals surface area (Å²) in [5, 5.41) is 0. The Hall–Kier alpha value is -6.64. The van der Waals surface area contributed by atoms with Gasteiger partial charge >= 0.3 is 0 Å². The highest BCUT2D eigenvalue weighted by Gasteiger charge is 2.48. The highest BCUT2D eigenvalue weighted by molar-refractivity contribution is 5.92. The van der Waals surface area contributed by atoms with Gasteiger partial charge in [0, 0.05) is 34.1 Å². The van der Waals surface area contributed by atoms with Crippen molar-refractivity contribution in [1.82, 2.24) is 0 Å². The van der Waals surface area contributed by atoms with E-state index in [0.717, 1.165) is 85.5 Å². The lowest BCUT2D eigenvalue weighted by atomic mass is 9.65. The van der Waals surface area contributed by atoms with Crippen LogP contribution in [0.15, 0.2) is 182 Å². The summed E-state index contributed by atoms with van der Waals surface area (Å²) in [6.07, 6.45) is 9.01. The van der Waals surface area contributed by atoms with Crippen LogP contribution in [0.3, 0.4) is 0 Å². The molecule has 0 N–H and O–H groups in total. The first-order chi connectivity index (χ1) is 32.7. The average molecular weight is 873 g/mol. The third-order valence-electron chi connectivity index (χ3n) is 17.0. The Morgan fingerprint density at radius 1 is 0.358 bits per heavy atom. The van der Waals surface area contributed by atoms with Crippen molar-refractivity contribution in [2.24, 2.45) is 0 Å². The van der Waals surface area contributed by atoms with E-state index in [-0.39, 0.29) is 10.8 Å². The topological polar surface area (TPSA) is 6.48 Å². The second kappa shape index (κ2) is 16.9. The Labute approximate surface area is 400 Å². The van der Waals surface area contributed by atoms with Gasteiger partial charge in [0.05, 0.1) is 5.41 Å². The molecular weight excluding hydrogens is 809 g/mol. The first kappa shape index (κ1) is 43.0. The number of benzene rings is 8. The molecule has 0 aromatic heterocycles. The average Bonchev–Trinajstić information content (AvgIpc) is 3.65. The number of para-hydroxylation sites is 2. The van der Waals surface area contributed by atoms with Crippen LogP contribution >= 0.6 is 0 Å². The third kappa shape index (κ3) is 6.97. The molecule has 0 amide bonds. The molecule has 8 aromatic rings. The van der Waals surface area contributed by atoms with Gasteiger partial charge in [0.15, 0.2) is 0 Å². The van der Waals surface area contributed by atoms with Crippen LogP contribution in [0.1, 0.15) is 123 Å². The van der Waals surface area contributed by atoms with Crippen molar-refractivity contribution >= 4 is 34.1 Å². The minimum atomic E-state index is -0.571. The summed E-state index contributed by atoms with van der Waals surface area (Å²) in [5.41, 5.74) is 23.4. The molecular formula is C65H64N2. The minimum Gasteiger partial charge on any atom is -0.310 e. The molecule has 3 aliphatic carbocycles. The van der Waals surface area contributed by atoms with Crippen LogP contribution in [-0.4, -0.2) is 0 Å². The molecule has 0 unspecified atom stereocenters. The maximum Gasteiger partial charge on any atom is 0.0715 e. The minimum absolute atomic E-state index is 0.146. The van der Waals surface area contributed by atoms with Crippen molar-refractivity contribution < 1.29 is 0 Å². The van der Waals surface area contributed by atoms with Gasteiger partial charge < -0.3 is 9.80 Å². The van der Waals surface area contributed by atoms with Gasteiger partial charge in [0.25, 0.3) is 0 Å². The maximum atomic E-state index is 2.56. The Morgan fingerprint density at radius 2 is 0.701 bits per heavy atom. The van der Waals surface area contributed by atoms with Crippen molar-refractivity contribution in [2.75, 3.05) is 9.80 Å². The van der Waals surface area contributed by atoms with Crippen LogP contribution in [0.2, 0.25) is 0 Å². The molecule has 2 heteroatoms. The van der Waals surface area contributed by atoms with Crippen LogP contribution < -0.4 is 9.80 Å². The number of rotatable bonds is 14. The zero-order valence-electron chi connectivity index (χ0n) is 40.4. The van der Waals surface area contributed by atoms with E-state index in [2.05, 4.69) is 233 Å². The lowest BCUT2D eigenvalue weighted by Crippen LogP contribution is -2.31. The van der Waals surface area contributed by atoms with Crippen LogP contribution in [-0.2, 0) is 41.9 Å². The number of fused-ring (bicyclic) bond motifs is 5. The molecule has 0 atom stereocenters. The summed E-state index contributed by atoms with van der Waals surface area (Å²) >= 11 is 0. The smallest absolute Gasteiger partial charge is 0.0715 e. The largest absolute Gasteiger partial charge is 0.310 e. The Kier molecular flexibility index (Phi) is 10.8. The summed E-state index contributed by atoms with van der Waals surface area (Å²) in [6.45, 7) is 14.1. The van der Waals surface area contributed by atoms with Crippen molar-refractivity contribution in [3.8, 4) is 11.1 Å². The molecule has 0 saturated carbocycles. The van der Waals surface area contributed by atoms with Crippen LogP contribution in [0.25, 0.3) is 11.1 Å². The number of aryl methyl sites for hydroxylation is 4. The molecule has 8 aromatic carbocycles. The monoisotopic (exact) mass is 873 g/mol. The SMILES string of the molecule is CCC(C)(CC)c1ccc(N(c2ccccc2)c2ccc3c(c2)C(c2ccc4c(c2)CC4)(c2ccc4c(c2)CC4)c2cc(N(c4ccccc4)c4ccc(C(C)(CC)CC)cc4)ccc2-3)cc1. The van der Waals surface area contributed by atoms with Gasteiger partial charge in [-0.15, -0.1) is 0 Å². The number of hydrogen-bond donors (Lipinski definition) is 0. The fraction of sp³-hybridized carbons (Fsp3) is 0.262. The van der Waals surface area contributed by atoms with Crippen LogP contribution in [0.4, 0.5) is 34.1 Å². The first-order valence-corrected chi connectivity index (χ1v) is 25.2. The fourth-order valence-corrected chi connectivity index (χ4v) is 11.6. The van der Waals surface area contributed by atoms with Gasteiger partial charge in [0.1, 0.15) is 0 Å². The molecule has 0 radical (unpaired) electrons. The molecule has 0 heterocycles. The van der Waals surface area contributed by atoms with Gasteiger partial charge in [-0.2, -0.15) is 0 Å². The van der Waals surface area contributed by atoms with E-state index in [4.69, 9.17) is 0 Å². The van der Waals surface area contributed by atoms with Crippen LogP contribution in [0.5, 0.6) is 0 Å². The lowest BCUT2D eigenvalue weighted by Gasteiger charge is -2.38. The molecule has 0 aliphatic heterocycles. The molecule has 0 saturated heterocycles. The molecule has 11 rings (SSSR count). The molecule has 0 bridgehead atoms.